The molecule has 8 rings (SSSR count). The Labute approximate surface area is 383 Å². The van der Waals surface area contributed by atoms with Crippen molar-refractivity contribution in [2.75, 3.05) is 4.90 Å². The Balaban J connectivity index is 1.51. The van der Waals surface area contributed by atoms with E-state index in [1.54, 1.807) is 0 Å². The van der Waals surface area contributed by atoms with Crippen LogP contribution < -0.4 is 4.90 Å². The second kappa shape index (κ2) is 20.3. The van der Waals surface area contributed by atoms with Crippen LogP contribution in [0.3, 0.4) is 0 Å². The Morgan fingerprint density at radius 1 is 0.766 bits per heavy atom. The number of aromatic amines is 1. The van der Waals surface area contributed by atoms with Gasteiger partial charge in [-0.05, 0) is 129 Å². The number of benzene rings is 6. The van der Waals surface area contributed by atoms with Gasteiger partial charge in [0.15, 0.2) is 0 Å². The summed E-state index contributed by atoms with van der Waals surface area (Å²) in [5, 5.41) is 2.44. The maximum absolute atomic E-state index is 4.02. The minimum atomic E-state index is 0.107. The van der Waals surface area contributed by atoms with Gasteiger partial charge < -0.3 is 9.88 Å². The predicted octanol–water partition coefficient (Wildman–Crippen LogP) is 17.1. The van der Waals surface area contributed by atoms with E-state index in [0.717, 1.165) is 53.7 Å². The summed E-state index contributed by atoms with van der Waals surface area (Å²) in [4.78, 5) is 6.64. The quantitative estimate of drug-likeness (QED) is 0.0854. The number of H-pyrrole nitrogens is 1. The monoisotopic (exact) mass is 835 g/mol. The molecule has 320 valence electrons. The molecule has 0 spiro atoms. The zero-order valence-electron chi connectivity index (χ0n) is 39.0. The molecule has 0 aliphatic heterocycles. The number of nitrogens with zero attached hydrogens (tertiary/aromatic N) is 1. The van der Waals surface area contributed by atoms with Gasteiger partial charge >= 0.3 is 0 Å². The summed E-state index contributed by atoms with van der Waals surface area (Å²) in [6.45, 7) is 13.4. The Kier molecular flexibility index (Phi) is 14.0. The highest BCUT2D eigenvalue weighted by molar-refractivity contribution is 6.16. The molecule has 1 atom stereocenters. The molecule has 3 heteroatoms. The van der Waals surface area contributed by atoms with Gasteiger partial charge in [0.05, 0.1) is 22.6 Å². The molecule has 1 aromatic heterocycles. The molecule has 6 aromatic carbocycles. The first-order valence-electron chi connectivity index (χ1n) is 23.6. The van der Waals surface area contributed by atoms with Gasteiger partial charge in [0.1, 0.15) is 7.85 Å². The number of rotatable bonds is 14. The van der Waals surface area contributed by atoms with Crippen LogP contribution in [0.25, 0.3) is 55.2 Å². The smallest absolute Gasteiger partial charge is 0.107 e. The fourth-order valence-corrected chi connectivity index (χ4v) is 9.47. The van der Waals surface area contributed by atoms with E-state index in [4.69, 9.17) is 0 Å². The molecule has 0 bridgehead atoms. The number of allylic oxidation sites excluding steroid dienone is 12. The normalized spacial score (nSPS) is 14.4. The van der Waals surface area contributed by atoms with Crippen molar-refractivity contribution in [3.63, 3.8) is 0 Å². The number of para-hydroxylation sites is 1. The maximum atomic E-state index is 4.02. The first kappa shape index (κ1) is 44.0. The van der Waals surface area contributed by atoms with Crippen LogP contribution in [0.4, 0.5) is 17.1 Å². The van der Waals surface area contributed by atoms with Crippen molar-refractivity contribution < 1.29 is 0 Å². The molecule has 1 unspecified atom stereocenters. The summed E-state index contributed by atoms with van der Waals surface area (Å²) in [5.74, 6) is 0.107. The van der Waals surface area contributed by atoms with Crippen LogP contribution >= 0.6 is 0 Å². The molecular weight excluding hydrogens is 771 g/mol. The number of aryl methyl sites for hydroxylation is 1. The number of hydrogen-bond donors (Lipinski definition) is 1. The first-order chi connectivity index (χ1) is 31.3. The van der Waals surface area contributed by atoms with E-state index in [1.165, 1.54) is 90.4 Å². The Morgan fingerprint density at radius 2 is 1.58 bits per heavy atom. The highest BCUT2D eigenvalue weighted by Gasteiger charge is 2.28. The minimum absolute atomic E-state index is 0.107. The van der Waals surface area contributed by atoms with E-state index >= 15 is 0 Å². The third-order valence-corrected chi connectivity index (χ3v) is 13.0. The second-order valence-corrected chi connectivity index (χ2v) is 17.5. The lowest BCUT2D eigenvalue weighted by atomic mass is 9.88. The predicted molar refractivity (Wildman–Crippen MR) is 284 cm³/mol. The Morgan fingerprint density at radius 3 is 2.34 bits per heavy atom. The largest absolute Gasteiger partial charge is 0.353 e. The van der Waals surface area contributed by atoms with Gasteiger partial charge in [0.2, 0.25) is 0 Å². The third-order valence-electron chi connectivity index (χ3n) is 13.0. The Bertz CT molecular complexity index is 2970. The van der Waals surface area contributed by atoms with Gasteiger partial charge in [-0.2, -0.15) is 0 Å². The molecule has 0 saturated heterocycles. The van der Waals surface area contributed by atoms with E-state index in [0.29, 0.717) is 0 Å². The molecule has 2 nitrogen and oxygen atoms in total. The van der Waals surface area contributed by atoms with Crippen molar-refractivity contribution in [1.82, 2.24) is 4.98 Å². The molecule has 1 aliphatic carbocycles. The van der Waals surface area contributed by atoms with E-state index in [9.17, 15) is 0 Å². The molecule has 0 fully saturated rings. The molecule has 0 saturated carbocycles. The van der Waals surface area contributed by atoms with Crippen LogP contribution in [-0.4, -0.2) is 12.8 Å². The minimum Gasteiger partial charge on any atom is -0.353 e. The van der Waals surface area contributed by atoms with E-state index in [1.807, 2.05) is 0 Å². The van der Waals surface area contributed by atoms with Gasteiger partial charge in [0, 0.05) is 33.3 Å². The average molecular weight is 835 g/mol. The van der Waals surface area contributed by atoms with Gasteiger partial charge in [-0.3, -0.25) is 0 Å². The van der Waals surface area contributed by atoms with Crippen molar-refractivity contribution in [1.29, 1.82) is 0 Å². The number of hydrogen-bond acceptors (Lipinski definition) is 1. The zero-order valence-corrected chi connectivity index (χ0v) is 39.0. The van der Waals surface area contributed by atoms with Gasteiger partial charge in [0.25, 0.3) is 0 Å². The van der Waals surface area contributed by atoms with E-state index in [2.05, 4.69) is 235 Å². The van der Waals surface area contributed by atoms with Crippen molar-refractivity contribution in [3.8, 4) is 22.3 Å². The summed E-state index contributed by atoms with van der Waals surface area (Å²) in [6, 6.07) is 45.9. The lowest BCUT2D eigenvalue weighted by Crippen LogP contribution is -2.16. The summed E-state index contributed by atoms with van der Waals surface area (Å²) < 4.78 is 0. The number of fused-ring (bicyclic) bond motifs is 3. The topological polar surface area (TPSA) is 19.0 Å². The van der Waals surface area contributed by atoms with Crippen LogP contribution in [0.5, 0.6) is 0 Å². The van der Waals surface area contributed by atoms with Crippen molar-refractivity contribution >= 4 is 57.9 Å². The maximum Gasteiger partial charge on any atom is 0.107 e. The number of anilines is 3. The molecule has 1 aliphatic rings. The molecule has 1 N–H and O–H groups in total. The average Bonchev–Trinajstić information content (AvgIpc) is 3.72. The van der Waals surface area contributed by atoms with Gasteiger partial charge in [-0.25, -0.2) is 0 Å². The molecule has 0 amide bonds. The van der Waals surface area contributed by atoms with Crippen molar-refractivity contribution in [2.24, 2.45) is 0 Å². The van der Waals surface area contributed by atoms with Gasteiger partial charge in [-0.15, -0.1) is 0 Å². The van der Waals surface area contributed by atoms with Crippen LogP contribution in [0.1, 0.15) is 100 Å². The summed E-state index contributed by atoms with van der Waals surface area (Å²) in [7, 11) is 2.26. The van der Waals surface area contributed by atoms with E-state index < -0.39 is 0 Å². The molecule has 7 aromatic rings. The van der Waals surface area contributed by atoms with Crippen molar-refractivity contribution in [2.45, 2.75) is 85.9 Å². The fourth-order valence-electron chi connectivity index (χ4n) is 9.47. The lowest BCUT2D eigenvalue weighted by molar-refractivity contribution is 0.742. The third kappa shape index (κ3) is 9.36. The first-order valence-corrected chi connectivity index (χ1v) is 23.6. The molecule has 0 radical (unpaired) electrons. The van der Waals surface area contributed by atoms with Gasteiger partial charge in [-0.1, -0.05) is 183 Å². The highest BCUT2D eigenvalue weighted by atomic mass is 15.2. The Hall–Kier alpha value is -6.58. The van der Waals surface area contributed by atoms with E-state index in [-0.39, 0.29) is 5.92 Å². The number of aromatic nitrogens is 1. The zero-order chi connectivity index (χ0) is 44.6. The van der Waals surface area contributed by atoms with Crippen LogP contribution in [0, 0.1) is 6.92 Å². The van der Waals surface area contributed by atoms with Crippen LogP contribution in [0.2, 0.25) is 0 Å². The lowest BCUT2D eigenvalue weighted by Gasteiger charge is -2.34. The SMILES string of the molecule is BCc1ccc(N(c2cc(/C(C)=C/C=C\C=C/C)ccc2C(C)/C=C\C(C)=C/CC)c2c(-c3ccc(C4=CCCCC4)cc3C)ccc3c2[nH]c2ccccc23)c(-c2ccccc2)c1. The summed E-state index contributed by atoms with van der Waals surface area (Å²) in [6.07, 6.45) is 26.9. The standard InChI is InChI=1S/C61H63BN2/c1-7-9-10-13-21-43(4)49-31-34-52(44(5)29-28-42(3)20-8-2)59(40-49)64(58-37-30-46(41-62)39-56(58)48-24-16-12-17-25-48)61-55(36-35-54-53-26-18-19-27-57(53)63-60(54)61)51-33-32-50(38-45(51)6)47-22-14-11-15-23-47/h7,9-10,12-13,16-22,24-40,44,63H,8,11,14-15,23,41,62H2,1-6H3/b9-7-,13-10-,29-28-,42-20-,43-21+. The molecular formula is C61H63BN2. The fraction of sp³-hybridized carbons (Fsp3) is 0.213. The highest BCUT2D eigenvalue weighted by Crippen LogP contribution is 2.51. The molecule has 1 heterocycles. The van der Waals surface area contributed by atoms with Crippen LogP contribution in [-0.2, 0) is 6.32 Å². The summed E-state index contributed by atoms with van der Waals surface area (Å²) in [5.41, 5.74) is 20.9. The number of nitrogens with one attached hydrogen (secondary N) is 1. The van der Waals surface area contributed by atoms with Crippen molar-refractivity contribution in [3.05, 3.63) is 209 Å². The van der Waals surface area contributed by atoms with Crippen LogP contribution in [0.15, 0.2) is 182 Å². The molecule has 64 heavy (non-hydrogen) atoms. The summed E-state index contributed by atoms with van der Waals surface area (Å²) >= 11 is 0. The second-order valence-electron chi connectivity index (χ2n) is 17.5.